The average Bonchev–Trinajstić information content (AvgIpc) is 2.54. The normalized spacial score (nSPS) is 10.6. The molecule has 0 fully saturated rings. The number of hydrogen-bond acceptors (Lipinski definition) is 3. The van der Waals surface area contributed by atoms with E-state index in [0.717, 1.165) is 30.9 Å². The molecule has 0 saturated carbocycles. The number of pyridine rings is 1. The monoisotopic (exact) mass is 411 g/mol. The van der Waals surface area contributed by atoms with E-state index in [1.54, 1.807) is 6.20 Å². The molecule has 2 rings (SSSR count). The van der Waals surface area contributed by atoms with Crippen molar-refractivity contribution in [3.8, 4) is 0 Å². The van der Waals surface area contributed by atoms with Crippen molar-refractivity contribution >= 4 is 35.8 Å². The first-order valence-corrected chi connectivity index (χ1v) is 7.07. The maximum atomic E-state index is 5.82. The van der Waals surface area contributed by atoms with Crippen molar-refractivity contribution < 1.29 is 0 Å². The van der Waals surface area contributed by atoms with Crippen LogP contribution in [0.2, 0.25) is 0 Å². The number of anilines is 1. The van der Waals surface area contributed by atoms with Gasteiger partial charge < -0.3 is 16.4 Å². The van der Waals surface area contributed by atoms with Gasteiger partial charge in [-0.05, 0) is 24.1 Å². The molecule has 1 aromatic carbocycles. The highest BCUT2D eigenvalue weighted by molar-refractivity contribution is 14.0. The second-order valence-corrected chi connectivity index (χ2v) is 4.61. The molecule has 0 aliphatic rings. The van der Waals surface area contributed by atoms with Crippen LogP contribution in [-0.4, -0.2) is 24.0 Å². The van der Waals surface area contributed by atoms with Crippen LogP contribution in [0.15, 0.2) is 59.7 Å². The Bertz CT molecular complexity index is 545. The highest BCUT2D eigenvalue weighted by Gasteiger charge is 1.94. The Kier molecular flexibility index (Phi) is 8.97. The minimum atomic E-state index is 0. The number of hydrogen-bond donors (Lipinski definition) is 3. The van der Waals surface area contributed by atoms with Crippen LogP contribution >= 0.6 is 24.0 Å². The fourth-order valence-corrected chi connectivity index (χ4v) is 1.80. The predicted octanol–water partition coefficient (Wildman–Crippen LogP) is 2.61. The third-order valence-electron chi connectivity index (χ3n) is 2.91. The Morgan fingerprint density at radius 1 is 1.05 bits per heavy atom. The van der Waals surface area contributed by atoms with Crippen LogP contribution in [0.25, 0.3) is 0 Å². The molecule has 0 saturated heterocycles. The molecular formula is C16H22IN5. The highest BCUT2D eigenvalue weighted by Crippen LogP contribution is 2.00. The number of nitrogens with two attached hydrogens (primary N) is 1. The maximum Gasteiger partial charge on any atom is 0.188 e. The molecule has 0 aliphatic heterocycles. The number of aliphatic imine (C=N–C) groups is 1. The Labute approximate surface area is 148 Å². The standard InChI is InChI=1S/C16H21N5.HI/c17-16(21-13-14-7-2-1-3-8-14)20-12-6-11-19-15-9-4-5-10-18-15;/h1-5,7-10H,6,11-13H2,(H,18,19)(H3,17,20,21);1H. The van der Waals surface area contributed by atoms with E-state index >= 15 is 0 Å². The number of aromatic nitrogens is 1. The zero-order valence-corrected chi connectivity index (χ0v) is 14.7. The Morgan fingerprint density at radius 3 is 2.55 bits per heavy atom. The lowest BCUT2D eigenvalue weighted by molar-refractivity contribution is 0.792. The minimum Gasteiger partial charge on any atom is -0.370 e. The van der Waals surface area contributed by atoms with Gasteiger partial charge in [0.1, 0.15) is 5.82 Å². The van der Waals surface area contributed by atoms with Crippen LogP contribution in [0.4, 0.5) is 5.82 Å². The molecule has 118 valence electrons. The summed E-state index contributed by atoms with van der Waals surface area (Å²) >= 11 is 0. The van der Waals surface area contributed by atoms with Crippen LogP contribution in [-0.2, 0) is 6.54 Å². The largest absolute Gasteiger partial charge is 0.370 e. The minimum absolute atomic E-state index is 0. The van der Waals surface area contributed by atoms with Crippen molar-refractivity contribution in [3.63, 3.8) is 0 Å². The van der Waals surface area contributed by atoms with Gasteiger partial charge in [0.15, 0.2) is 5.96 Å². The van der Waals surface area contributed by atoms with E-state index in [1.165, 1.54) is 0 Å². The van der Waals surface area contributed by atoms with Crippen molar-refractivity contribution in [2.75, 3.05) is 18.4 Å². The third kappa shape index (κ3) is 7.26. The number of nitrogens with zero attached hydrogens (tertiary/aromatic N) is 2. The number of rotatable bonds is 7. The molecule has 0 aliphatic carbocycles. The molecule has 0 unspecified atom stereocenters. The summed E-state index contributed by atoms with van der Waals surface area (Å²) in [6.45, 7) is 2.23. The van der Waals surface area contributed by atoms with E-state index in [4.69, 9.17) is 5.73 Å². The summed E-state index contributed by atoms with van der Waals surface area (Å²) in [6, 6.07) is 15.9. The first-order valence-electron chi connectivity index (χ1n) is 7.07. The summed E-state index contributed by atoms with van der Waals surface area (Å²) in [6.07, 6.45) is 2.72. The first kappa shape index (κ1) is 18.2. The summed E-state index contributed by atoms with van der Waals surface area (Å²) in [5, 5.41) is 6.35. The second-order valence-electron chi connectivity index (χ2n) is 4.61. The van der Waals surface area contributed by atoms with Gasteiger partial charge in [0.2, 0.25) is 0 Å². The van der Waals surface area contributed by atoms with Crippen LogP contribution in [0.5, 0.6) is 0 Å². The molecule has 0 radical (unpaired) electrons. The SMILES string of the molecule is I.NC(=NCc1ccccc1)NCCCNc1ccccn1. The molecule has 1 aromatic heterocycles. The van der Waals surface area contributed by atoms with Crippen LogP contribution in [0.3, 0.4) is 0 Å². The molecule has 0 amide bonds. The molecule has 0 spiro atoms. The van der Waals surface area contributed by atoms with E-state index in [1.807, 2.05) is 48.5 Å². The fraction of sp³-hybridized carbons (Fsp3) is 0.250. The summed E-state index contributed by atoms with van der Waals surface area (Å²) in [4.78, 5) is 8.50. The zero-order chi connectivity index (χ0) is 14.8. The van der Waals surface area contributed by atoms with Gasteiger partial charge in [-0.1, -0.05) is 36.4 Å². The van der Waals surface area contributed by atoms with Crippen LogP contribution in [0, 0.1) is 0 Å². The van der Waals surface area contributed by atoms with Crippen LogP contribution in [0.1, 0.15) is 12.0 Å². The van der Waals surface area contributed by atoms with Gasteiger partial charge in [0, 0.05) is 19.3 Å². The van der Waals surface area contributed by atoms with Gasteiger partial charge in [-0.2, -0.15) is 0 Å². The quantitative estimate of drug-likeness (QED) is 0.284. The Morgan fingerprint density at radius 2 is 1.82 bits per heavy atom. The molecule has 1 heterocycles. The van der Waals surface area contributed by atoms with Crippen LogP contribution < -0.4 is 16.4 Å². The molecule has 4 N–H and O–H groups in total. The number of guanidine groups is 1. The van der Waals surface area contributed by atoms with E-state index in [9.17, 15) is 0 Å². The molecule has 6 heteroatoms. The number of benzene rings is 1. The van der Waals surface area contributed by atoms with Gasteiger partial charge in [0.05, 0.1) is 6.54 Å². The topological polar surface area (TPSA) is 75.3 Å². The fourth-order valence-electron chi connectivity index (χ4n) is 1.80. The van der Waals surface area contributed by atoms with E-state index < -0.39 is 0 Å². The third-order valence-corrected chi connectivity index (χ3v) is 2.91. The van der Waals surface area contributed by atoms with Gasteiger partial charge in [-0.15, -0.1) is 24.0 Å². The Balaban J connectivity index is 0.00000242. The van der Waals surface area contributed by atoms with Crippen molar-refractivity contribution in [2.24, 2.45) is 10.7 Å². The van der Waals surface area contributed by atoms with Gasteiger partial charge >= 0.3 is 0 Å². The predicted molar refractivity (Wildman–Crippen MR) is 103 cm³/mol. The molecule has 2 aromatic rings. The van der Waals surface area contributed by atoms with E-state index in [-0.39, 0.29) is 24.0 Å². The number of nitrogens with one attached hydrogen (secondary N) is 2. The zero-order valence-electron chi connectivity index (χ0n) is 12.4. The van der Waals surface area contributed by atoms with E-state index in [0.29, 0.717) is 12.5 Å². The molecule has 5 nitrogen and oxygen atoms in total. The first-order chi connectivity index (χ1) is 10.3. The summed E-state index contributed by atoms with van der Waals surface area (Å²) in [5.41, 5.74) is 6.97. The molecule has 0 bridgehead atoms. The van der Waals surface area contributed by atoms with Crippen molar-refractivity contribution in [1.82, 2.24) is 10.3 Å². The summed E-state index contributed by atoms with van der Waals surface area (Å²) < 4.78 is 0. The van der Waals surface area contributed by atoms with Crippen molar-refractivity contribution in [3.05, 3.63) is 60.3 Å². The molecule has 22 heavy (non-hydrogen) atoms. The Hall–Kier alpha value is -1.83. The van der Waals surface area contributed by atoms with Gasteiger partial charge in [0.25, 0.3) is 0 Å². The lowest BCUT2D eigenvalue weighted by Crippen LogP contribution is -2.33. The maximum absolute atomic E-state index is 5.82. The van der Waals surface area contributed by atoms with Crippen molar-refractivity contribution in [2.45, 2.75) is 13.0 Å². The lowest BCUT2D eigenvalue weighted by Gasteiger charge is -2.07. The molecular weight excluding hydrogens is 389 g/mol. The second kappa shape index (κ2) is 10.8. The smallest absolute Gasteiger partial charge is 0.188 e. The lowest BCUT2D eigenvalue weighted by atomic mass is 10.2. The van der Waals surface area contributed by atoms with Crippen molar-refractivity contribution in [1.29, 1.82) is 0 Å². The van der Waals surface area contributed by atoms with Gasteiger partial charge in [-0.3, -0.25) is 0 Å². The number of halogens is 1. The molecule has 0 atom stereocenters. The summed E-state index contributed by atoms with van der Waals surface area (Å²) in [5.74, 6) is 1.37. The van der Waals surface area contributed by atoms with Gasteiger partial charge in [-0.25, -0.2) is 9.98 Å². The van der Waals surface area contributed by atoms with E-state index in [2.05, 4.69) is 20.6 Å². The average molecular weight is 411 g/mol. The highest BCUT2D eigenvalue weighted by atomic mass is 127. The summed E-state index contributed by atoms with van der Waals surface area (Å²) in [7, 11) is 0.